The second kappa shape index (κ2) is 7.13. The van der Waals surface area contributed by atoms with Gasteiger partial charge in [-0.15, -0.1) is 0 Å². The molecule has 24 heavy (non-hydrogen) atoms. The fourth-order valence-electron chi connectivity index (χ4n) is 2.39. The second-order valence-corrected chi connectivity index (χ2v) is 6.80. The highest BCUT2D eigenvalue weighted by atomic mass is 16.7. The first-order valence-corrected chi connectivity index (χ1v) is 8.02. The van der Waals surface area contributed by atoms with Gasteiger partial charge in [-0.2, -0.15) is 0 Å². The maximum absolute atomic E-state index is 12.4. The van der Waals surface area contributed by atoms with Crippen molar-refractivity contribution in [1.29, 1.82) is 0 Å². The van der Waals surface area contributed by atoms with Gasteiger partial charge in [0, 0.05) is 13.7 Å². The van der Waals surface area contributed by atoms with Gasteiger partial charge in [-0.25, -0.2) is 0 Å². The van der Waals surface area contributed by atoms with E-state index in [0.29, 0.717) is 24.5 Å². The van der Waals surface area contributed by atoms with Crippen LogP contribution in [0.4, 0.5) is 0 Å². The van der Waals surface area contributed by atoms with Gasteiger partial charge in [0.25, 0.3) is 5.91 Å². The lowest BCUT2D eigenvalue weighted by atomic mass is 9.78. The number of carbonyl (C=O) groups excluding carboxylic acids is 1. The predicted octanol–water partition coefficient (Wildman–Crippen LogP) is 1.37. The molecule has 1 amide bonds. The van der Waals surface area contributed by atoms with Crippen LogP contribution >= 0.6 is 0 Å². The van der Waals surface area contributed by atoms with Crippen molar-refractivity contribution in [2.75, 3.05) is 27.4 Å². The maximum atomic E-state index is 12.4. The van der Waals surface area contributed by atoms with Crippen LogP contribution in [-0.2, 0) is 14.0 Å². The number of nitrogens with one attached hydrogen (secondary N) is 1. The van der Waals surface area contributed by atoms with E-state index in [0.717, 1.165) is 5.46 Å². The van der Waals surface area contributed by atoms with Crippen molar-refractivity contribution in [2.24, 2.45) is 0 Å². The number of benzene rings is 1. The topological polar surface area (TPSA) is 66.0 Å². The molecule has 1 aliphatic rings. The molecular weight excluding hydrogens is 309 g/mol. The van der Waals surface area contributed by atoms with Gasteiger partial charge in [0.15, 0.2) is 0 Å². The summed E-state index contributed by atoms with van der Waals surface area (Å²) >= 11 is 0. The van der Waals surface area contributed by atoms with Crippen molar-refractivity contribution in [2.45, 2.75) is 38.9 Å². The van der Waals surface area contributed by atoms with Gasteiger partial charge < -0.3 is 24.1 Å². The Hall–Kier alpha value is -1.57. The first kappa shape index (κ1) is 18.8. The highest BCUT2D eigenvalue weighted by Crippen LogP contribution is 2.36. The third-order valence-electron chi connectivity index (χ3n) is 4.59. The molecule has 0 saturated carbocycles. The standard InChI is InChI=1S/C17H26BNO5/c1-16(2)17(3,4)24-18(23-16)12-7-8-14(22-6)13(11-12)15(20)19-9-10-21-5/h7-8,11H,9-10H2,1-6H3,(H,19,20). The van der Waals surface area contributed by atoms with Crippen LogP contribution in [0.2, 0.25) is 0 Å². The van der Waals surface area contributed by atoms with Crippen molar-refractivity contribution < 1.29 is 23.6 Å². The molecule has 132 valence electrons. The van der Waals surface area contributed by atoms with Crippen LogP contribution in [-0.4, -0.2) is 51.6 Å². The lowest BCUT2D eigenvalue weighted by Gasteiger charge is -2.32. The molecule has 0 atom stereocenters. The van der Waals surface area contributed by atoms with Gasteiger partial charge >= 0.3 is 7.12 Å². The molecule has 1 aromatic rings. The van der Waals surface area contributed by atoms with Gasteiger partial charge in [0.2, 0.25) is 0 Å². The molecule has 7 heteroatoms. The van der Waals surface area contributed by atoms with Gasteiger partial charge in [0.1, 0.15) is 5.75 Å². The van der Waals surface area contributed by atoms with Crippen LogP contribution in [0.25, 0.3) is 0 Å². The number of hydrogen-bond acceptors (Lipinski definition) is 5. The molecule has 1 fully saturated rings. The molecule has 1 saturated heterocycles. The Bertz CT molecular complexity index is 587. The van der Waals surface area contributed by atoms with E-state index in [9.17, 15) is 4.79 Å². The summed E-state index contributed by atoms with van der Waals surface area (Å²) in [6.45, 7) is 8.86. The first-order chi connectivity index (χ1) is 11.2. The molecule has 0 aliphatic carbocycles. The van der Waals surface area contributed by atoms with Gasteiger partial charge in [-0.3, -0.25) is 4.79 Å². The van der Waals surface area contributed by atoms with Crippen molar-refractivity contribution in [3.63, 3.8) is 0 Å². The zero-order valence-electron chi connectivity index (χ0n) is 15.3. The van der Waals surface area contributed by atoms with Crippen LogP contribution < -0.4 is 15.5 Å². The summed E-state index contributed by atoms with van der Waals surface area (Å²) < 4.78 is 22.3. The van der Waals surface area contributed by atoms with E-state index < -0.39 is 18.3 Å². The van der Waals surface area contributed by atoms with Crippen molar-refractivity contribution in [3.8, 4) is 5.75 Å². The van der Waals surface area contributed by atoms with E-state index in [2.05, 4.69) is 5.32 Å². The molecule has 1 aromatic carbocycles. The van der Waals surface area contributed by atoms with E-state index in [-0.39, 0.29) is 5.91 Å². The minimum absolute atomic E-state index is 0.220. The molecule has 2 rings (SSSR count). The van der Waals surface area contributed by atoms with Crippen LogP contribution in [0.3, 0.4) is 0 Å². The summed E-state index contributed by atoms with van der Waals surface area (Å²) in [7, 11) is 2.60. The highest BCUT2D eigenvalue weighted by molar-refractivity contribution is 6.62. The number of rotatable bonds is 6. The molecule has 0 bridgehead atoms. The summed E-state index contributed by atoms with van der Waals surface area (Å²) in [4.78, 5) is 12.4. The van der Waals surface area contributed by atoms with Gasteiger partial charge in [-0.1, -0.05) is 6.07 Å². The van der Waals surface area contributed by atoms with E-state index in [1.54, 1.807) is 19.2 Å². The Kier molecular flexibility index (Phi) is 5.57. The summed E-state index contributed by atoms with van der Waals surface area (Å²) in [5, 5.41) is 2.80. The van der Waals surface area contributed by atoms with E-state index >= 15 is 0 Å². The largest absolute Gasteiger partial charge is 0.496 e. The van der Waals surface area contributed by atoms with Gasteiger partial charge in [0.05, 0.1) is 30.5 Å². The zero-order chi connectivity index (χ0) is 18.0. The molecule has 1 N–H and O–H groups in total. The molecule has 1 heterocycles. The van der Waals surface area contributed by atoms with Gasteiger partial charge in [-0.05, 0) is 45.3 Å². The van der Waals surface area contributed by atoms with Crippen LogP contribution in [0.5, 0.6) is 5.75 Å². The monoisotopic (exact) mass is 335 g/mol. The summed E-state index contributed by atoms with van der Waals surface area (Å²) in [6, 6.07) is 5.36. The van der Waals surface area contributed by atoms with E-state index in [4.69, 9.17) is 18.8 Å². The Labute approximate surface area is 143 Å². The number of amides is 1. The van der Waals surface area contributed by atoms with Crippen LogP contribution in [0, 0.1) is 0 Å². The summed E-state index contributed by atoms with van der Waals surface area (Å²) in [5.41, 5.74) is 0.365. The summed E-state index contributed by atoms with van der Waals surface area (Å²) in [6.07, 6.45) is 0. The van der Waals surface area contributed by atoms with E-state index in [1.165, 1.54) is 7.11 Å². The molecule has 6 nitrogen and oxygen atoms in total. The second-order valence-electron chi connectivity index (χ2n) is 6.80. The zero-order valence-corrected chi connectivity index (χ0v) is 15.3. The SMILES string of the molecule is COCCNC(=O)c1cc(B2OC(C)(C)C(C)(C)O2)ccc1OC. The lowest BCUT2D eigenvalue weighted by molar-refractivity contribution is 0.00578. The molecule has 0 radical (unpaired) electrons. The third-order valence-corrected chi connectivity index (χ3v) is 4.59. The summed E-state index contributed by atoms with van der Waals surface area (Å²) in [5.74, 6) is 0.285. The fourth-order valence-corrected chi connectivity index (χ4v) is 2.39. The Balaban J connectivity index is 2.24. The maximum Gasteiger partial charge on any atom is 0.494 e. The van der Waals surface area contributed by atoms with Crippen molar-refractivity contribution >= 4 is 18.5 Å². The Morgan fingerprint density at radius 2 is 1.79 bits per heavy atom. The Morgan fingerprint density at radius 1 is 1.17 bits per heavy atom. The molecule has 0 unspecified atom stereocenters. The van der Waals surface area contributed by atoms with Crippen LogP contribution in [0.15, 0.2) is 18.2 Å². The predicted molar refractivity (Wildman–Crippen MR) is 92.9 cm³/mol. The molecule has 0 spiro atoms. The molecular formula is C17H26BNO5. The number of carbonyl (C=O) groups is 1. The average Bonchev–Trinajstić information content (AvgIpc) is 2.75. The van der Waals surface area contributed by atoms with Crippen molar-refractivity contribution in [3.05, 3.63) is 23.8 Å². The normalized spacial score (nSPS) is 18.5. The smallest absolute Gasteiger partial charge is 0.494 e. The number of methoxy groups -OCH3 is 2. The minimum atomic E-state index is -0.522. The minimum Gasteiger partial charge on any atom is -0.496 e. The number of hydrogen-bond donors (Lipinski definition) is 1. The molecule has 1 aliphatic heterocycles. The first-order valence-electron chi connectivity index (χ1n) is 8.02. The fraction of sp³-hybridized carbons (Fsp3) is 0.588. The van der Waals surface area contributed by atoms with E-state index in [1.807, 2.05) is 33.8 Å². The molecule has 0 aromatic heterocycles. The van der Waals surface area contributed by atoms with Crippen LogP contribution in [0.1, 0.15) is 38.1 Å². The third kappa shape index (κ3) is 3.74. The average molecular weight is 335 g/mol. The Morgan fingerprint density at radius 3 is 2.33 bits per heavy atom. The van der Waals surface area contributed by atoms with Crippen molar-refractivity contribution in [1.82, 2.24) is 5.32 Å². The lowest BCUT2D eigenvalue weighted by Crippen LogP contribution is -2.41. The quantitative estimate of drug-likeness (QED) is 0.628. The number of ether oxygens (including phenoxy) is 2. The highest BCUT2D eigenvalue weighted by Gasteiger charge is 2.51.